The van der Waals surface area contributed by atoms with Gasteiger partial charge in [-0.05, 0) is 87.0 Å². The third-order valence-electron chi connectivity index (χ3n) is 8.77. The molecular weight excluding hydrogens is 450 g/mol. The number of anilines is 1. The molecule has 0 spiro atoms. The molecule has 0 radical (unpaired) electrons. The lowest BCUT2D eigenvalue weighted by Gasteiger charge is -2.27. The molecule has 4 fully saturated rings. The number of aromatic nitrogens is 2. The summed E-state index contributed by atoms with van der Waals surface area (Å²) >= 11 is 0. The van der Waals surface area contributed by atoms with Crippen molar-refractivity contribution in [3.63, 3.8) is 0 Å². The van der Waals surface area contributed by atoms with Crippen LogP contribution in [0.15, 0.2) is 36.4 Å². The number of carbonyl (C=O) groups is 1. The zero-order chi connectivity index (χ0) is 24.3. The van der Waals surface area contributed by atoms with Gasteiger partial charge in [0.15, 0.2) is 0 Å². The predicted octanol–water partition coefficient (Wildman–Crippen LogP) is 4.32. The Kier molecular flexibility index (Phi) is 7.19. The van der Waals surface area contributed by atoms with E-state index < -0.39 is 0 Å². The van der Waals surface area contributed by atoms with Gasteiger partial charge in [-0.2, -0.15) is 0 Å². The molecule has 4 heterocycles. The van der Waals surface area contributed by atoms with Crippen LogP contribution in [0.25, 0.3) is 11.3 Å². The maximum atomic E-state index is 12.7. The van der Waals surface area contributed by atoms with Crippen LogP contribution in [0.3, 0.4) is 0 Å². The zero-order valence-corrected chi connectivity index (χ0v) is 21.3. The molecule has 3 aliphatic heterocycles. The fourth-order valence-corrected chi connectivity index (χ4v) is 6.79. The van der Waals surface area contributed by atoms with Crippen molar-refractivity contribution in [2.24, 2.45) is 17.8 Å². The summed E-state index contributed by atoms with van der Waals surface area (Å²) < 4.78 is 5.52. The summed E-state index contributed by atoms with van der Waals surface area (Å²) in [6.45, 7) is 7.40. The first kappa shape index (κ1) is 23.9. The second kappa shape index (κ2) is 10.9. The maximum Gasteiger partial charge on any atom is 0.253 e. The van der Waals surface area contributed by atoms with Gasteiger partial charge < -0.3 is 19.9 Å². The number of amides is 1. The van der Waals surface area contributed by atoms with Crippen LogP contribution >= 0.6 is 0 Å². The molecule has 36 heavy (non-hydrogen) atoms. The zero-order valence-electron chi connectivity index (χ0n) is 21.3. The van der Waals surface area contributed by atoms with Gasteiger partial charge in [0.05, 0.1) is 5.69 Å². The van der Waals surface area contributed by atoms with Crippen LogP contribution in [0, 0.1) is 17.8 Å². The predicted molar refractivity (Wildman–Crippen MR) is 141 cm³/mol. The summed E-state index contributed by atoms with van der Waals surface area (Å²) in [6.07, 6.45) is 8.35. The first-order valence-corrected chi connectivity index (χ1v) is 14.0. The molecule has 1 amide bonds. The maximum absolute atomic E-state index is 12.7. The SMILES string of the molecule is O=C(c1ccc(-c2ccc(NC3C[C@@H]4CN(CC5CCOCC5)C[C@@H]4C3)nn2)cc1)N1CCCCC1. The molecule has 0 bridgehead atoms. The van der Waals surface area contributed by atoms with Crippen molar-refractivity contribution < 1.29 is 9.53 Å². The highest BCUT2D eigenvalue weighted by atomic mass is 16.5. The van der Waals surface area contributed by atoms with E-state index in [2.05, 4.69) is 20.4 Å². The van der Waals surface area contributed by atoms with Crippen LogP contribution in [-0.2, 0) is 4.74 Å². The lowest BCUT2D eigenvalue weighted by Crippen LogP contribution is -2.35. The molecule has 3 atom stereocenters. The molecule has 1 N–H and O–H groups in total. The van der Waals surface area contributed by atoms with Crippen molar-refractivity contribution in [2.75, 3.05) is 51.3 Å². The minimum atomic E-state index is 0.139. The summed E-state index contributed by atoms with van der Waals surface area (Å²) in [5, 5.41) is 12.6. The average molecular weight is 490 g/mol. The molecule has 6 rings (SSSR count). The molecule has 7 heteroatoms. The second-order valence-corrected chi connectivity index (χ2v) is 11.3. The van der Waals surface area contributed by atoms with Crippen molar-refractivity contribution in [1.82, 2.24) is 20.0 Å². The quantitative estimate of drug-likeness (QED) is 0.652. The fraction of sp³-hybridized carbons (Fsp3) is 0.621. The number of rotatable bonds is 6. The van der Waals surface area contributed by atoms with Crippen LogP contribution in [0.1, 0.15) is 55.3 Å². The van der Waals surface area contributed by atoms with Crippen LogP contribution in [0.5, 0.6) is 0 Å². The van der Waals surface area contributed by atoms with Gasteiger partial charge in [-0.15, -0.1) is 10.2 Å². The minimum absolute atomic E-state index is 0.139. The van der Waals surface area contributed by atoms with Gasteiger partial charge in [0.25, 0.3) is 5.91 Å². The summed E-state index contributed by atoms with van der Waals surface area (Å²) in [5.41, 5.74) is 2.58. The van der Waals surface area contributed by atoms with Crippen LogP contribution < -0.4 is 5.32 Å². The van der Waals surface area contributed by atoms with Crippen LogP contribution in [0.4, 0.5) is 5.82 Å². The number of piperidine rings is 1. The molecule has 1 unspecified atom stereocenters. The second-order valence-electron chi connectivity index (χ2n) is 11.3. The number of benzene rings is 1. The molecule has 2 aromatic rings. The molecule has 3 saturated heterocycles. The first-order valence-electron chi connectivity index (χ1n) is 14.0. The molecule has 192 valence electrons. The summed E-state index contributed by atoms with van der Waals surface area (Å²) in [7, 11) is 0. The van der Waals surface area contributed by atoms with Crippen molar-refractivity contribution in [2.45, 2.75) is 51.0 Å². The number of carbonyl (C=O) groups excluding carboxylic acids is 1. The van der Waals surface area contributed by atoms with E-state index in [1.807, 2.05) is 41.3 Å². The Morgan fingerprint density at radius 3 is 2.31 bits per heavy atom. The monoisotopic (exact) mass is 489 g/mol. The Balaban J connectivity index is 0.993. The molecule has 4 aliphatic rings. The number of nitrogens with zero attached hydrogens (tertiary/aromatic N) is 4. The highest BCUT2D eigenvalue weighted by Crippen LogP contribution is 2.39. The summed E-state index contributed by atoms with van der Waals surface area (Å²) in [5.74, 6) is 3.44. The Hall–Kier alpha value is -2.51. The van der Waals surface area contributed by atoms with E-state index in [0.717, 1.165) is 79.5 Å². The van der Waals surface area contributed by atoms with Crippen molar-refractivity contribution in [3.8, 4) is 11.3 Å². The van der Waals surface area contributed by atoms with Crippen molar-refractivity contribution >= 4 is 11.7 Å². The topological polar surface area (TPSA) is 70.6 Å². The fourth-order valence-electron chi connectivity index (χ4n) is 6.79. The van der Waals surface area contributed by atoms with Gasteiger partial charge in [0.1, 0.15) is 5.82 Å². The number of ether oxygens (including phenoxy) is 1. The Bertz CT molecular complexity index is 1000. The van der Waals surface area contributed by atoms with Crippen molar-refractivity contribution in [1.29, 1.82) is 0 Å². The third-order valence-corrected chi connectivity index (χ3v) is 8.77. The summed E-state index contributed by atoms with van der Waals surface area (Å²) in [4.78, 5) is 17.4. The smallest absolute Gasteiger partial charge is 0.253 e. The van der Waals surface area contributed by atoms with Crippen molar-refractivity contribution in [3.05, 3.63) is 42.0 Å². The Labute approximate surface area is 214 Å². The number of likely N-dealkylation sites (tertiary alicyclic amines) is 2. The molecule has 1 aromatic heterocycles. The van der Waals surface area contributed by atoms with E-state index in [0.29, 0.717) is 6.04 Å². The molecular formula is C29H39N5O2. The third kappa shape index (κ3) is 5.42. The summed E-state index contributed by atoms with van der Waals surface area (Å²) in [6, 6.07) is 12.4. The van der Waals surface area contributed by atoms with E-state index in [-0.39, 0.29) is 5.91 Å². The number of nitrogens with one attached hydrogen (secondary N) is 1. The normalized spacial score (nSPS) is 27.2. The molecule has 7 nitrogen and oxygen atoms in total. The van der Waals surface area contributed by atoms with Gasteiger partial charge in [-0.3, -0.25) is 4.79 Å². The largest absolute Gasteiger partial charge is 0.381 e. The van der Waals surface area contributed by atoms with E-state index in [1.54, 1.807) is 0 Å². The van der Waals surface area contributed by atoms with Gasteiger partial charge in [0, 0.05) is 63.1 Å². The lowest BCUT2D eigenvalue weighted by atomic mass is 10.00. The number of hydrogen-bond acceptors (Lipinski definition) is 6. The van der Waals surface area contributed by atoms with Gasteiger partial charge in [0.2, 0.25) is 0 Å². The van der Waals surface area contributed by atoms with Gasteiger partial charge in [-0.1, -0.05) is 12.1 Å². The molecule has 1 saturated carbocycles. The van der Waals surface area contributed by atoms with E-state index in [1.165, 1.54) is 51.7 Å². The lowest BCUT2D eigenvalue weighted by molar-refractivity contribution is 0.0545. The Morgan fingerprint density at radius 2 is 1.64 bits per heavy atom. The van der Waals surface area contributed by atoms with Gasteiger partial charge >= 0.3 is 0 Å². The molecule has 1 aromatic carbocycles. The Morgan fingerprint density at radius 1 is 0.917 bits per heavy atom. The van der Waals surface area contributed by atoms with E-state index >= 15 is 0 Å². The number of fused-ring (bicyclic) bond motifs is 1. The minimum Gasteiger partial charge on any atom is -0.381 e. The first-order chi connectivity index (χ1) is 17.7. The standard InChI is InChI=1S/C29H39N5O2/c35-29(34-12-2-1-3-13-34)23-6-4-22(5-7-23)27-8-9-28(32-31-27)30-26-16-24-19-33(20-25(24)17-26)18-21-10-14-36-15-11-21/h4-9,21,24-26H,1-3,10-20H2,(H,30,32)/t24-,25+,26?. The molecule has 1 aliphatic carbocycles. The average Bonchev–Trinajstić information content (AvgIpc) is 3.48. The highest BCUT2D eigenvalue weighted by molar-refractivity contribution is 5.94. The highest BCUT2D eigenvalue weighted by Gasteiger charge is 2.41. The van der Waals surface area contributed by atoms with E-state index in [4.69, 9.17) is 4.74 Å². The van der Waals surface area contributed by atoms with Gasteiger partial charge in [-0.25, -0.2) is 0 Å². The van der Waals surface area contributed by atoms with E-state index in [9.17, 15) is 4.79 Å². The van der Waals surface area contributed by atoms with Crippen LogP contribution in [-0.4, -0.2) is 77.9 Å². The van der Waals surface area contributed by atoms with Crippen LogP contribution in [0.2, 0.25) is 0 Å². The number of hydrogen-bond donors (Lipinski definition) is 1.